The zero-order valence-corrected chi connectivity index (χ0v) is 23.3. The molecule has 0 aliphatic carbocycles. The normalized spacial score (nSPS) is 14.9. The predicted molar refractivity (Wildman–Crippen MR) is 142 cm³/mol. The highest BCUT2D eigenvalue weighted by atomic mass is 32.1. The molecule has 0 rings (SSSR count). The number of carboxylic acids is 2. The summed E-state index contributed by atoms with van der Waals surface area (Å²) in [6.07, 6.45) is -1.59. The Labute approximate surface area is 232 Å². The highest BCUT2D eigenvalue weighted by Gasteiger charge is 2.33. The summed E-state index contributed by atoms with van der Waals surface area (Å²) in [6.45, 7) is 6.70. The second-order valence-corrected chi connectivity index (χ2v) is 10.1. The van der Waals surface area contributed by atoms with Gasteiger partial charge in [0.05, 0.1) is 12.5 Å². The topological polar surface area (TPSA) is 260 Å². The molecule has 0 saturated heterocycles. The molecule has 5 amide bonds. The van der Waals surface area contributed by atoms with Crippen molar-refractivity contribution >= 4 is 54.1 Å². The molecule has 0 radical (unpaired) electrons. The Morgan fingerprint density at radius 3 is 1.72 bits per heavy atom. The van der Waals surface area contributed by atoms with E-state index in [1.54, 1.807) is 27.7 Å². The van der Waals surface area contributed by atoms with Gasteiger partial charge in [-0.05, 0) is 24.7 Å². The summed E-state index contributed by atoms with van der Waals surface area (Å²) in [5, 5.41) is 27.8. The molecule has 0 heterocycles. The van der Waals surface area contributed by atoms with Crippen LogP contribution in [0.3, 0.4) is 0 Å². The minimum Gasteiger partial charge on any atom is -0.481 e. The van der Waals surface area contributed by atoms with E-state index in [1.165, 1.54) is 0 Å². The Kier molecular flexibility index (Phi) is 15.7. The third-order valence-corrected chi connectivity index (χ3v) is 5.81. The third-order valence-electron chi connectivity index (χ3n) is 5.42. The van der Waals surface area contributed by atoms with Crippen molar-refractivity contribution in [1.82, 2.24) is 21.3 Å². The monoisotopic (exact) mass is 576 g/mol. The van der Waals surface area contributed by atoms with Crippen LogP contribution in [0.1, 0.15) is 53.4 Å². The van der Waals surface area contributed by atoms with Crippen LogP contribution >= 0.6 is 12.6 Å². The van der Waals surface area contributed by atoms with Gasteiger partial charge in [0.1, 0.15) is 24.2 Å². The predicted octanol–water partition coefficient (Wildman–Crippen LogP) is -2.29. The van der Waals surface area contributed by atoms with Gasteiger partial charge in [-0.2, -0.15) is 12.6 Å². The van der Waals surface area contributed by atoms with Gasteiger partial charge in [0.15, 0.2) is 0 Å². The van der Waals surface area contributed by atoms with Crippen molar-refractivity contribution in [1.29, 1.82) is 0 Å². The first kappa shape index (κ1) is 35.6. The van der Waals surface area contributed by atoms with Gasteiger partial charge in [0, 0.05) is 12.2 Å². The van der Waals surface area contributed by atoms with Crippen molar-refractivity contribution in [2.45, 2.75) is 83.6 Å². The molecule has 0 aromatic carbocycles. The molecule has 10 N–H and O–H groups in total. The van der Waals surface area contributed by atoms with Crippen LogP contribution in [0.2, 0.25) is 0 Å². The van der Waals surface area contributed by atoms with Crippen LogP contribution in [0.15, 0.2) is 0 Å². The molecule has 222 valence electrons. The van der Waals surface area contributed by atoms with Crippen LogP contribution < -0.4 is 32.7 Å². The molecule has 0 fully saturated rings. The third kappa shape index (κ3) is 13.8. The Balaban J connectivity index is 5.86. The molecule has 0 aromatic rings. The first-order valence-corrected chi connectivity index (χ1v) is 12.9. The van der Waals surface area contributed by atoms with Crippen molar-refractivity contribution in [3.8, 4) is 0 Å². The zero-order valence-electron chi connectivity index (χ0n) is 22.4. The Hall–Kier alpha value is -3.40. The van der Waals surface area contributed by atoms with E-state index >= 15 is 0 Å². The van der Waals surface area contributed by atoms with E-state index in [4.69, 9.17) is 16.6 Å². The molecule has 16 heteroatoms. The Morgan fingerprint density at radius 1 is 0.769 bits per heavy atom. The lowest BCUT2D eigenvalue weighted by Gasteiger charge is -2.27. The number of thiol groups is 1. The highest BCUT2D eigenvalue weighted by Crippen LogP contribution is 2.08. The number of hydrogen-bond donors (Lipinski definition) is 9. The van der Waals surface area contributed by atoms with Crippen molar-refractivity contribution in [2.24, 2.45) is 23.3 Å². The number of carbonyl (C=O) groups is 7. The SMILES string of the molecule is CC(C)C[C@H](NC(=O)[C@H](CCC(=O)O)NC(=O)[C@H](CC(N)=O)NC(=O)[C@@H](NC(=O)[C@@H](N)CS)C(C)C)C(=O)O. The van der Waals surface area contributed by atoms with Gasteiger partial charge in [-0.15, -0.1) is 0 Å². The maximum atomic E-state index is 13.0. The average Bonchev–Trinajstić information content (AvgIpc) is 2.81. The lowest BCUT2D eigenvalue weighted by Crippen LogP contribution is -2.60. The zero-order chi connectivity index (χ0) is 30.4. The van der Waals surface area contributed by atoms with Gasteiger partial charge in [0.25, 0.3) is 0 Å². The van der Waals surface area contributed by atoms with E-state index in [2.05, 4.69) is 33.9 Å². The van der Waals surface area contributed by atoms with Crippen LogP contribution in [0, 0.1) is 11.8 Å². The summed E-state index contributed by atoms with van der Waals surface area (Å²) >= 11 is 3.93. The molecule has 15 nitrogen and oxygen atoms in total. The summed E-state index contributed by atoms with van der Waals surface area (Å²) in [5.74, 6) is -7.69. The molecule has 0 bridgehead atoms. The van der Waals surface area contributed by atoms with Crippen LogP contribution in [0.5, 0.6) is 0 Å². The number of carbonyl (C=O) groups excluding carboxylic acids is 5. The molecular formula is C23H40N6O9S. The van der Waals surface area contributed by atoms with Crippen molar-refractivity contribution in [3.63, 3.8) is 0 Å². The van der Waals surface area contributed by atoms with Crippen molar-refractivity contribution < 1.29 is 43.8 Å². The van der Waals surface area contributed by atoms with Gasteiger partial charge >= 0.3 is 11.9 Å². The molecular weight excluding hydrogens is 536 g/mol. The summed E-state index contributed by atoms with van der Waals surface area (Å²) in [6, 6.07) is -6.58. The van der Waals surface area contributed by atoms with E-state index in [9.17, 15) is 38.7 Å². The van der Waals surface area contributed by atoms with E-state index < -0.39 is 96.9 Å². The summed E-state index contributed by atoms with van der Waals surface area (Å²) in [4.78, 5) is 85.3. The standard InChI is InChI=1S/C23H40N6O9S/c1-10(2)7-15(23(37)38)28-20(34)13(5-6-17(31)32)26-21(35)14(8-16(25)30)27-22(36)18(11(3)4)29-19(33)12(24)9-39/h10-15,18,39H,5-9,24H2,1-4H3,(H2,25,30)(H,26,35)(H,27,36)(H,28,34)(H,29,33)(H,31,32)(H,37,38)/t12-,13-,14-,15-,18-/m0/s1. The highest BCUT2D eigenvalue weighted by molar-refractivity contribution is 7.80. The molecule has 0 aliphatic rings. The fraction of sp³-hybridized carbons (Fsp3) is 0.696. The summed E-state index contributed by atoms with van der Waals surface area (Å²) in [5.41, 5.74) is 10.9. The van der Waals surface area contributed by atoms with Crippen molar-refractivity contribution in [2.75, 3.05) is 5.75 Å². The number of carboxylic acid groups (broad SMARTS) is 2. The fourth-order valence-corrected chi connectivity index (χ4v) is 3.49. The van der Waals surface area contributed by atoms with Crippen LogP contribution in [-0.4, -0.2) is 87.6 Å². The number of amides is 5. The second kappa shape index (κ2) is 17.2. The van der Waals surface area contributed by atoms with Gasteiger partial charge < -0.3 is 42.9 Å². The molecule has 0 unspecified atom stereocenters. The first-order valence-electron chi connectivity index (χ1n) is 12.3. The lowest BCUT2D eigenvalue weighted by atomic mass is 10.0. The molecule has 0 saturated carbocycles. The number of primary amides is 1. The van der Waals surface area contributed by atoms with Crippen LogP contribution in [0.25, 0.3) is 0 Å². The van der Waals surface area contributed by atoms with Gasteiger partial charge in [-0.3, -0.25) is 28.8 Å². The first-order chi connectivity index (χ1) is 18.0. The van der Waals surface area contributed by atoms with E-state index in [1.807, 2.05) is 0 Å². The smallest absolute Gasteiger partial charge is 0.326 e. The Bertz CT molecular complexity index is 915. The van der Waals surface area contributed by atoms with Gasteiger partial charge in [-0.25, -0.2) is 4.79 Å². The van der Waals surface area contributed by atoms with E-state index in [0.29, 0.717) is 0 Å². The maximum Gasteiger partial charge on any atom is 0.326 e. The largest absolute Gasteiger partial charge is 0.481 e. The van der Waals surface area contributed by atoms with Gasteiger partial charge in [0.2, 0.25) is 29.5 Å². The van der Waals surface area contributed by atoms with E-state index in [0.717, 1.165) is 0 Å². The molecule has 5 atom stereocenters. The lowest BCUT2D eigenvalue weighted by molar-refractivity contribution is -0.143. The van der Waals surface area contributed by atoms with E-state index in [-0.39, 0.29) is 18.1 Å². The van der Waals surface area contributed by atoms with Crippen LogP contribution in [0.4, 0.5) is 0 Å². The quantitative estimate of drug-likeness (QED) is 0.0789. The number of aliphatic carboxylic acids is 2. The number of nitrogens with two attached hydrogens (primary N) is 2. The van der Waals surface area contributed by atoms with Gasteiger partial charge in [-0.1, -0.05) is 27.7 Å². The average molecular weight is 577 g/mol. The number of hydrogen-bond acceptors (Lipinski definition) is 9. The summed E-state index contributed by atoms with van der Waals surface area (Å²) < 4.78 is 0. The summed E-state index contributed by atoms with van der Waals surface area (Å²) in [7, 11) is 0. The number of nitrogens with one attached hydrogen (secondary N) is 4. The minimum atomic E-state index is -1.60. The maximum absolute atomic E-state index is 13.0. The Morgan fingerprint density at radius 2 is 1.28 bits per heavy atom. The fourth-order valence-electron chi connectivity index (χ4n) is 3.32. The molecule has 39 heavy (non-hydrogen) atoms. The number of rotatable bonds is 18. The molecule has 0 aliphatic heterocycles. The molecule has 0 aromatic heterocycles. The van der Waals surface area contributed by atoms with Crippen molar-refractivity contribution in [3.05, 3.63) is 0 Å². The molecule has 0 spiro atoms. The van der Waals surface area contributed by atoms with Crippen LogP contribution in [-0.2, 0) is 33.6 Å². The minimum absolute atomic E-state index is 0.00464. The second-order valence-electron chi connectivity index (χ2n) is 9.77.